The molecule has 0 spiro atoms. The molecule has 0 saturated heterocycles. The van der Waals surface area contributed by atoms with Gasteiger partial charge in [0.15, 0.2) is 0 Å². The molecule has 139 valence electrons. The number of carbonyl (C=O) groups is 1. The van der Waals surface area contributed by atoms with Crippen LogP contribution in [-0.2, 0) is 18.9 Å². The van der Waals surface area contributed by atoms with Crippen LogP contribution in [0, 0.1) is 0 Å². The SMILES string of the molecule is CCCCCCCCCCCC(=O)NCCCOOP(=O)(O)O.[Na]. The first-order chi connectivity index (χ1) is 11.0. The van der Waals surface area contributed by atoms with E-state index in [1.807, 2.05) is 0 Å². The monoisotopic (exact) mass is 376 g/mol. The minimum atomic E-state index is -4.58. The summed E-state index contributed by atoms with van der Waals surface area (Å²) in [6, 6.07) is 0. The van der Waals surface area contributed by atoms with Gasteiger partial charge in [-0.1, -0.05) is 58.3 Å². The molecule has 1 amide bonds. The van der Waals surface area contributed by atoms with Crippen molar-refractivity contribution >= 4 is 43.3 Å². The van der Waals surface area contributed by atoms with Gasteiger partial charge in [0.05, 0.1) is 6.61 Å². The molecule has 0 aliphatic heterocycles. The van der Waals surface area contributed by atoms with Crippen LogP contribution in [-0.4, -0.2) is 58.4 Å². The Labute approximate surface area is 167 Å². The summed E-state index contributed by atoms with van der Waals surface area (Å²) < 4.78 is 14.1. The number of hydrogen-bond donors (Lipinski definition) is 3. The summed E-state index contributed by atoms with van der Waals surface area (Å²) in [5.41, 5.74) is 0. The number of hydrogen-bond acceptors (Lipinski definition) is 4. The molecule has 0 aromatic rings. The van der Waals surface area contributed by atoms with E-state index in [1.54, 1.807) is 0 Å². The molecule has 9 heteroatoms. The number of rotatable bonds is 16. The smallest absolute Gasteiger partial charge is 0.356 e. The van der Waals surface area contributed by atoms with Crippen LogP contribution in [0.4, 0.5) is 0 Å². The molecule has 3 N–H and O–H groups in total. The summed E-state index contributed by atoms with van der Waals surface area (Å²) in [5.74, 6) is 0.00357. The zero-order valence-electron chi connectivity index (χ0n) is 15.2. The summed E-state index contributed by atoms with van der Waals surface area (Å²) in [7, 11) is -4.58. The molecule has 0 heterocycles. The van der Waals surface area contributed by atoms with Crippen molar-refractivity contribution in [2.24, 2.45) is 0 Å². The Morgan fingerprint density at radius 1 is 0.958 bits per heavy atom. The fourth-order valence-electron chi connectivity index (χ4n) is 2.15. The van der Waals surface area contributed by atoms with Crippen molar-refractivity contribution in [1.29, 1.82) is 0 Å². The Morgan fingerprint density at radius 2 is 1.50 bits per heavy atom. The summed E-state index contributed by atoms with van der Waals surface area (Å²) in [5, 5.41) is 2.74. The minimum absolute atomic E-state index is 0. The third-order valence-electron chi connectivity index (χ3n) is 3.38. The van der Waals surface area contributed by atoms with E-state index in [0.717, 1.165) is 12.8 Å². The van der Waals surface area contributed by atoms with E-state index in [4.69, 9.17) is 9.79 Å². The average Bonchev–Trinajstić information content (AvgIpc) is 2.48. The van der Waals surface area contributed by atoms with Crippen LogP contribution >= 0.6 is 7.82 Å². The van der Waals surface area contributed by atoms with E-state index >= 15 is 0 Å². The van der Waals surface area contributed by atoms with Crippen LogP contribution in [0.3, 0.4) is 0 Å². The van der Waals surface area contributed by atoms with Gasteiger partial charge >= 0.3 is 7.82 Å². The topological polar surface area (TPSA) is 105 Å². The third-order valence-corrected chi connectivity index (χ3v) is 3.68. The van der Waals surface area contributed by atoms with Crippen LogP contribution in [0.1, 0.15) is 77.6 Å². The van der Waals surface area contributed by atoms with Crippen molar-refractivity contribution in [3.63, 3.8) is 0 Å². The summed E-state index contributed by atoms with van der Waals surface area (Å²) in [4.78, 5) is 32.6. The van der Waals surface area contributed by atoms with E-state index in [1.165, 1.54) is 44.9 Å². The molecule has 0 aliphatic carbocycles. The van der Waals surface area contributed by atoms with Gasteiger partial charge in [0.1, 0.15) is 0 Å². The molecule has 0 aliphatic rings. The van der Waals surface area contributed by atoms with Crippen LogP contribution in [0.2, 0.25) is 0 Å². The molecule has 24 heavy (non-hydrogen) atoms. The van der Waals surface area contributed by atoms with Gasteiger partial charge in [-0.2, -0.15) is 0 Å². The van der Waals surface area contributed by atoms with Crippen molar-refractivity contribution in [3.05, 3.63) is 0 Å². The minimum Gasteiger partial charge on any atom is -0.356 e. The van der Waals surface area contributed by atoms with Gasteiger partial charge in [-0.05, 0) is 12.8 Å². The van der Waals surface area contributed by atoms with E-state index in [0.29, 0.717) is 19.4 Å². The standard InChI is InChI=1S/C15H32NO6P.Na/c1-2-3-4-5-6-7-8-9-10-12-15(17)16-13-11-14-21-22-23(18,19)20;/h2-14H2,1H3,(H,16,17)(H2,18,19,20);. The maximum absolute atomic E-state index is 11.5. The molecule has 0 saturated carbocycles. The van der Waals surface area contributed by atoms with Gasteiger partial charge in [-0.15, -0.1) is 4.67 Å². The van der Waals surface area contributed by atoms with E-state index in [2.05, 4.69) is 21.8 Å². The Balaban J connectivity index is 0. The van der Waals surface area contributed by atoms with Crippen molar-refractivity contribution < 1.29 is 28.7 Å². The summed E-state index contributed by atoms with van der Waals surface area (Å²) in [6.45, 7) is 2.64. The van der Waals surface area contributed by atoms with Crippen molar-refractivity contribution in [1.82, 2.24) is 5.32 Å². The van der Waals surface area contributed by atoms with Crippen LogP contribution in [0.5, 0.6) is 0 Å². The largest absolute Gasteiger partial charge is 0.496 e. The van der Waals surface area contributed by atoms with Gasteiger partial charge in [0, 0.05) is 42.5 Å². The first-order valence-electron chi connectivity index (χ1n) is 8.59. The maximum Gasteiger partial charge on any atom is 0.496 e. The Hall–Kier alpha value is 0.540. The summed E-state index contributed by atoms with van der Waals surface area (Å²) >= 11 is 0. The molecule has 7 nitrogen and oxygen atoms in total. The number of unbranched alkanes of at least 4 members (excludes halogenated alkanes) is 8. The number of nitrogens with one attached hydrogen (secondary N) is 1. The first kappa shape index (κ1) is 26.8. The second-order valence-corrected chi connectivity index (χ2v) is 6.80. The molecule has 0 unspecified atom stereocenters. The van der Waals surface area contributed by atoms with Crippen molar-refractivity contribution in [2.75, 3.05) is 13.2 Å². The van der Waals surface area contributed by atoms with Gasteiger partial charge in [0.2, 0.25) is 5.91 Å². The molecule has 0 fully saturated rings. The number of carbonyl (C=O) groups excluding carboxylic acids is 1. The molecular weight excluding hydrogens is 344 g/mol. The van der Waals surface area contributed by atoms with Gasteiger partial charge in [-0.25, -0.2) is 9.45 Å². The van der Waals surface area contributed by atoms with Crippen LogP contribution < -0.4 is 5.32 Å². The second kappa shape index (κ2) is 18.3. The fourth-order valence-corrected chi connectivity index (χ4v) is 2.36. The maximum atomic E-state index is 11.5. The average molecular weight is 376 g/mol. The molecular formula is C15H32NNaO6P. The molecule has 0 bridgehead atoms. The molecule has 0 aromatic carbocycles. The van der Waals surface area contributed by atoms with E-state index in [-0.39, 0.29) is 42.1 Å². The Bertz CT molecular complexity index is 340. The number of phosphoric acid groups is 1. The Morgan fingerprint density at radius 3 is 2.04 bits per heavy atom. The van der Waals surface area contributed by atoms with Crippen molar-refractivity contribution in [2.45, 2.75) is 77.6 Å². The van der Waals surface area contributed by atoms with Gasteiger partial charge in [0.25, 0.3) is 0 Å². The predicted molar refractivity (Wildman–Crippen MR) is 94.3 cm³/mol. The van der Waals surface area contributed by atoms with Crippen molar-refractivity contribution in [3.8, 4) is 0 Å². The zero-order valence-corrected chi connectivity index (χ0v) is 18.1. The van der Waals surface area contributed by atoms with Crippen LogP contribution in [0.15, 0.2) is 0 Å². The molecule has 0 aromatic heterocycles. The van der Waals surface area contributed by atoms with Gasteiger partial charge < -0.3 is 15.1 Å². The Kier molecular flexibility index (Phi) is 20.4. The molecule has 0 rings (SSSR count). The zero-order chi connectivity index (χ0) is 17.4. The van der Waals surface area contributed by atoms with Crippen LogP contribution in [0.25, 0.3) is 0 Å². The normalized spacial score (nSPS) is 11.1. The van der Waals surface area contributed by atoms with E-state index in [9.17, 15) is 9.36 Å². The fraction of sp³-hybridized carbons (Fsp3) is 0.933. The molecule has 1 radical (unpaired) electrons. The second-order valence-electron chi connectivity index (χ2n) is 5.67. The predicted octanol–water partition coefficient (Wildman–Crippen LogP) is 3.07. The third kappa shape index (κ3) is 22.5. The first-order valence-corrected chi connectivity index (χ1v) is 10.1. The molecule has 0 atom stereocenters. The summed E-state index contributed by atoms with van der Waals surface area (Å²) in [6.07, 6.45) is 11.9. The quantitative estimate of drug-likeness (QED) is 0.126. The number of amides is 1. The van der Waals surface area contributed by atoms with E-state index < -0.39 is 7.82 Å². The van der Waals surface area contributed by atoms with Gasteiger partial charge in [-0.3, -0.25) is 4.79 Å².